The van der Waals surface area contributed by atoms with E-state index < -0.39 is 0 Å². The second kappa shape index (κ2) is 7.91. The van der Waals surface area contributed by atoms with Crippen molar-refractivity contribution < 1.29 is 14.2 Å². The van der Waals surface area contributed by atoms with Crippen LogP contribution in [0.5, 0.6) is 11.5 Å². The summed E-state index contributed by atoms with van der Waals surface area (Å²) < 4.78 is 16.2. The van der Waals surface area contributed by atoms with Crippen molar-refractivity contribution in [3.8, 4) is 11.5 Å². The molecule has 0 radical (unpaired) electrons. The van der Waals surface area contributed by atoms with Crippen molar-refractivity contribution in [3.05, 3.63) is 24.4 Å². The highest BCUT2D eigenvalue weighted by atomic mass is 16.7. The maximum atomic E-state index is 5.68. The van der Waals surface area contributed by atoms with Gasteiger partial charge < -0.3 is 19.1 Å². The van der Waals surface area contributed by atoms with Crippen molar-refractivity contribution in [3.63, 3.8) is 0 Å². The average molecular weight is 344 g/mol. The number of fused-ring (bicyclic) bond motifs is 1. The van der Waals surface area contributed by atoms with E-state index in [-0.39, 0.29) is 6.79 Å². The summed E-state index contributed by atoms with van der Waals surface area (Å²) in [7, 11) is 3.25. The molecule has 0 unspecified atom stereocenters. The van der Waals surface area contributed by atoms with Gasteiger partial charge in [0.05, 0.1) is 12.6 Å². The second-order valence-electron chi connectivity index (χ2n) is 6.97. The number of ether oxygens (including phenoxy) is 3. The van der Waals surface area contributed by atoms with Gasteiger partial charge in [0.1, 0.15) is 0 Å². The Morgan fingerprint density at radius 1 is 1.16 bits per heavy atom. The van der Waals surface area contributed by atoms with Crippen LogP contribution < -0.4 is 14.4 Å². The van der Waals surface area contributed by atoms with Crippen LogP contribution in [0.3, 0.4) is 0 Å². The summed E-state index contributed by atoms with van der Waals surface area (Å²) in [4.78, 5) is 6.98. The van der Waals surface area contributed by atoms with E-state index in [0.29, 0.717) is 11.5 Å². The van der Waals surface area contributed by atoms with Crippen molar-refractivity contribution in [1.29, 1.82) is 0 Å². The molecule has 2 aromatic rings. The van der Waals surface area contributed by atoms with E-state index in [1.165, 1.54) is 18.5 Å². The molecule has 0 N–H and O–H groups in total. The molecule has 1 aromatic carbocycles. The predicted octanol–water partition coefficient (Wildman–Crippen LogP) is 4.10. The predicted molar refractivity (Wildman–Crippen MR) is 101 cm³/mol. The van der Waals surface area contributed by atoms with E-state index in [1.54, 1.807) is 14.2 Å². The van der Waals surface area contributed by atoms with E-state index in [4.69, 9.17) is 14.2 Å². The molecule has 5 nitrogen and oxygen atoms in total. The summed E-state index contributed by atoms with van der Waals surface area (Å²) in [5, 5.41) is 1.09. The van der Waals surface area contributed by atoms with Crippen LogP contribution in [0.25, 0.3) is 10.9 Å². The third kappa shape index (κ3) is 3.82. The highest BCUT2D eigenvalue weighted by molar-refractivity contribution is 5.94. The molecule has 5 heteroatoms. The Balaban J connectivity index is 1.93. The Bertz CT molecular complexity index is 709. The van der Waals surface area contributed by atoms with Gasteiger partial charge in [-0.15, -0.1) is 0 Å². The van der Waals surface area contributed by atoms with Crippen LogP contribution in [0.4, 0.5) is 5.69 Å². The van der Waals surface area contributed by atoms with E-state index in [2.05, 4.69) is 29.8 Å². The number of piperidine rings is 1. The maximum Gasteiger partial charge on any atom is 0.188 e. The van der Waals surface area contributed by atoms with E-state index in [1.807, 2.05) is 18.3 Å². The number of pyridine rings is 1. The smallest absolute Gasteiger partial charge is 0.188 e. The zero-order valence-corrected chi connectivity index (χ0v) is 15.6. The Morgan fingerprint density at radius 3 is 2.56 bits per heavy atom. The van der Waals surface area contributed by atoms with Gasteiger partial charge in [0.25, 0.3) is 0 Å². The van der Waals surface area contributed by atoms with Gasteiger partial charge >= 0.3 is 0 Å². The second-order valence-corrected chi connectivity index (χ2v) is 6.97. The maximum absolute atomic E-state index is 5.68. The molecule has 0 amide bonds. The van der Waals surface area contributed by atoms with Crippen LogP contribution in [0.2, 0.25) is 0 Å². The molecule has 3 rings (SSSR count). The lowest BCUT2D eigenvalue weighted by atomic mass is 9.86. The highest BCUT2D eigenvalue weighted by Crippen LogP contribution is 2.37. The standard InChI is InChI=1S/C20H28N2O3/c1-14(2)15-6-9-22(10-7-15)18-5-8-21-17-12-19(24-4)20(11-16(17)18)25-13-23-3/h5,8,11-12,14-15H,6-7,9-10,13H2,1-4H3. The molecule has 25 heavy (non-hydrogen) atoms. The van der Waals surface area contributed by atoms with Crippen LogP contribution >= 0.6 is 0 Å². The molecule has 0 aliphatic carbocycles. The summed E-state index contributed by atoms with van der Waals surface area (Å²) in [5.74, 6) is 2.94. The van der Waals surface area contributed by atoms with E-state index >= 15 is 0 Å². The largest absolute Gasteiger partial charge is 0.493 e. The van der Waals surface area contributed by atoms with Gasteiger partial charge in [-0.2, -0.15) is 0 Å². The van der Waals surface area contributed by atoms with Crippen molar-refractivity contribution in [2.24, 2.45) is 11.8 Å². The molecular formula is C20H28N2O3. The zero-order chi connectivity index (χ0) is 17.8. The lowest BCUT2D eigenvalue weighted by Gasteiger charge is -2.35. The molecule has 0 saturated carbocycles. The minimum absolute atomic E-state index is 0.192. The zero-order valence-electron chi connectivity index (χ0n) is 15.6. The van der Waals surface area contributed by atoms with E-state index in [0.717, 1.165) is 35.8 Å². The van der Waals surface area contributed by atoms with Crippen molar-refractivity contribution in [1.82, 2.24) is 4.98 Å². The molecule has 0 bridgehead atoms. The van der Waals surface area contributed by atoms with Crippen LogP contribution in [-0.2, 0) is 4.74 Å². The third-order valence-electron chi connectivity index (χ3n) is 5.16. The SMILES string of the molecule is COCOc1cc2c(N3CCC(C(C)C)CC3)ccnc2cc1OC. The Kier molecular flexibility index (Phi) is 5.63. The molecule has 1 fully saturated rings. The summed E-state index contributed by atoms with van der Waals surface area (Å²) in [6.07, 6.45) is 4.36. The number of aromatic nitrogens is 1. The Labute approximate surface area is 149 Å². The van der Waals surface area contributed by atoms with Gasteiger partial charge in [-0.25, -0.2) is 0 Å². The first-order valence-electron chi connectivity index (χ1n) is 8.97. The van der Waals surface area contributed by atoms with Crippen molar-refractivity contribution >= 4 is 16.6 Å². The van der Waals surface area contributed by atoms with Crippen LogP contribution in [-0.4, -0.2) is 39.1 Å². The molecule has 2 heterocycles. The fourth-order valence-corrected chi connectivity index (χ4v) is 3.62. The number of hydrogen-bond acceptors (Lipinski definition) is 5. The normalized spacial score (nSPS) is 15.8. The average Bonchev–Trinajstić information content (AvgIpc) is 2.65. The number of hydrogen-bond donors (Lipinski definition) is 0. The van der Waals surface area contributed by atoms with Gasteiger partial charge in [-0.05, 0) is 36.8 Å². The van der Waals surface area contributed by atoms with Crippen molar-refractivity contribution in [2.45, 2.75) is 26.7 Å². The first-order valence-corrected chi connectivity index (χ1v) is 8.97. The lowest BCUT2D eigenvalue weighted by Crippen LogP contribution is -2.35. The molecule has 0 atom stereocenters. The molecule has 1 saturated heterocycles. The lowest BCUT2D eigenvalue weighted by molar-refractivity contribution is 0.0493. The third-order valence-corrected chi connectivity index (χ3v) is 5.16. The van der Waals surface area contributed by atoms with Crippen LogP contribution in [0.1, 0.15) is 26.7 Å². The van der Waals surface area contributed by atoms with Crippen LogP contribution in [0.15, 0.2) is 24.4 Å². The Morgan fingerprint density at radius 2 is 1.92 bits per heavy atom. The molecule has 1 aliphatic rings. The molecule has 1 aliphatic heterocycles. The molecule has 0 spiro atoms. The fourth-order valence-electron chi connectivity index (χ4n) is 3.62. The summed E-state index contributed by atoms with van der Waals surface area (Å²) in [5.41, 5.74) is 2.14. The number of rotatable bonds is 6. The molecular weight excluding hydrogens is 316 g/mol. The minimum atomic E-state index is 0.192. The fraction of sp³-hybridized carbons (Fsp3) is 0.550. The van der Waals surface area contributed by atoms with Gasteiger partial charge in [-0.1, -0.05) is 13.8 Å². The van der Waals surface area contributed by atoms with Gasteiger partial charge in [0, 0.05) is 43.5 Å². The van der Waals surface area contributed by atoms with E-state index in [9.17, 15) is 0 Å². The summed E-state index contributed by atoms with van der Waals surface area (Å²) in [6.45, 7) is 7.02. The number of methoxy groups -OCH3 is 2. The monoisotopic (exact) mass is 344 g/mol. The van der Waals surface area contributed by atoms with Crippen molar-refractivity contribution in [2.75, 3.05) is 39.0 Å². The first kappa shape index (κ1) is 17.8. The molecule has 136 valence electrons. The molecule has 1 aromatic heterocycles. The minimum Gasteiger partial charge on any atom is -0.493 e. The first-order chi connectivity index (χ1) is 12.1. The summed E-state index contributed by atoms with van der Waals surface area (Å²) >= 11 is 0. The Hall–Kier alpha value is -2.01. The highest BCUT2D eigenvalue weighted by Gasteiger charge is 2.23. The quantitative estimate of drug-likeness (QED) is 0.738. The van der Waals surface area contributed by atoms with Gasteiger partial charge in [0.15, 0.2) is 18.3 Å². The topological polar surface area (TPSA) is 43.8 Å². The number of benzene rings is 1. The van der Waals surface area contributed by atoms with Gasteiger partial charge in [-0.3, -0.25) is 4.98 Å². The number of nitrogens with zero attached hydrogens (tertiary/aromatic N) is 2. The van der Waals surface area contributed by atoms with Gasteiger partial charge in [0.2, 0.25) is 0 Å². The number of anilines is 1. The van der Waals surface area contributed by atoms with Crippen LogP contribution in [0, 0.1) is 11.8 Å². The summed E-state index contributed by atoms with van der Waals surface area (Å²) in [6, 6.07) is 6.05.